The standard InChI is InChI=1S/C26H25FN6O3/c1-17-12-23(27)22(14-18(17)13-19-2-5-25(32-31-19)36-9-6-30-34)26-21-4-3-20(15-24(21)28-16-29-26)33-7-10-35-11-8-33/h2-5,12,14-16H,6-11,13H2,1H3. The Morgan fingerprint density at radius 1 is 1.08 bits per heavy atom. The van der Waals surface area contributed by atoms with Gasteiger partial charge in [-0.2, -0.15) is 10.0 Å². The number of nitroso groups, excluding NO2 is 1. The number of hydrogen-bond acceptors (Lipinski definition) is 9. The smallest absolute Gasteiger partial charge is 0.233 e. The van der Waals surface area contributed by atoms with E-state index in [0.717, 1.165) is 40.8 Å². The van der Waals surface area contributed by atoms with Gasteiger partial charge in [-0.1, -0.05) is 5.18 Å². The number of aromatic nitrogens is 4. The van der Waals surface area contributed by atoms with Gasteiger partial charge in [-0.05, 0) is 54.4 Å². The maximum Gasteiger partial charge on any atom is 0.233 e. The van der Waals surface area contributed by atoms with E-state index >= 15 is 4.39 Å². The number of ether oxygens (including phenoxy) is 2. The zero-order valence-corrected chi connectivity index (χ0v) is 19.9. The Bertz CT molecular complexity index is 1380. The van der Waals surface area contributed by atoms with Crippen molar-refractivity contribution in [1.82, 2.24) is 20.2 Å². The molecule has 0 unspecified atom stereocenters. The Morgan fingerprint density at radius 3 is 2.72 bits per heavy atom. The van der Waals surface area contributed by atoms with Crippen molar-refractivity contribution in [2.45, 2.75) is 13.3 Å². The summed E-state index contributed by atoms with van der Waals surface area (Å²) >= 11 is 0. The fraction of sp³-hybridized carbons (Fsp3) is 0.308. The molecule has 1 fully saturated rings. The van der Waals surface area contributed by atoms with Crippen molar-refractivity contribution in [2.75, 3.05) is 44.4 Å². The summed E-state index contributed by atoms with van der Waals surface area (Å²) in [5, 5.41) is 11.8. The van der Waals surface area contributed by atoms with Gasteiger partial charge in [0.15, 0.2) is 0 Å². The summed E-state index contributed by atoms with van der Waals surface area (Å²) in [6.45, 7) is 5.11. The zero-order chi connectivity index (χ0) is 24.9. The number of hydrogen-bond donors (Lipinski definition) is 0. The molecule has 0 bridgehead atoms. The first-order valence-corrected chi connectivity index (χ1v) is 11.7. The van der Waals surface area contributed by atoms with Crippen molar-refractivity contribution in [1.29, 1.82) is 0 Å². The third kappa shape index (κ3) is 5.13. The summed E-state index contributed by atoms with van der Waals surface area (Å²) in [7, 11) is 0. The zero-order valence-electron chi connectivity index (χ0n) is 19.9. The molecule has 0 aliphatic carbocycles. The number of halogens is 1. The van der Waals surface area contributed by atoms with Crippen LogP contribution in [0.3, 0.4) is 0 Å². The molecule has 4 aromatic rings. The molecule has 0 spiro atoms. The van der Waals surface area contributed by atoms with E-state index < -0.39 is 0 Å². The maximum absolute atomic E-state index is 15.2. The monoisotopic (exact) mass is 488 g/mol. The molecular weight excluding hydrogens is 463 g/mol. The lowest BCUT2D eigenvalue weighted by molar-refractivity contribution is 0.122. The fourth-order valence-electron chi connectivity index (χ4n) is 4.27. The van der Waals surface area contributed by atoms with Crippen LogP contribution in [0, 0.1) is 17.6 Å². The SMILES string of the molecule is Cc1cc(F)c(-c2ncnc3cc(N4CCOCC4)ccc23)cc1Cc1ccc(OCCN=O)nn1. The van der Waals surface area contributed by atoms with E-state index in [2.05, 4.69) is 30.2 Å². The fourth-order valence-corrected chi connectivity index (χ4v) is 4.27. The molecule has 1 aliphatic heterocycles. The molecule has 2 aromatic carbocycles. The lowest BCUT2D eigenvalue weighted by Gasteiger charge is -2.29. The third-order valence-electron chi connectivity index (χ3n) is 6.18. The number of nitrogens with zero attached hydrogens (tertiary/aromatic N) is 6. The molecule has 1 saturated heterocycles. The van der Waals surface area contributed by atoms with Gasteiger partial charge in [-0.3, -0.25) is 0 Å². The van der Waals surface area contributed by atoms with Gasteiger partial charge in [0.25, 0.3) is 0 Å². The van der Waals surface area contributed by atoms with Crippen LogP contribution in [0.5, 0.6) is 5.88 Å². The molecular formula is C26H25FN6O3. The molecule has 9 nitrogen and oxygen atoms in total. The molecule has 184 valence electrons. The van der Waals surface area contributed by atoms with Crippen molar-refractivity contribution in [3.05, 3.63) is 76.3 Å². The van der Waals surface area contributed by atoms with E-state index in [-0.39, 0.29) is 19.0 Å². The Kier molecular flexibility index (Phi) is 7.03. The molecule has 0 atom stereocenters. The van der Waals surface area contributed by atoms with E-state index in [4.69, 9.17) is 9.47 Å². The quantitative estimate of drug-likeness (QED) is 0.270. The summed E-state index contributed by atoms with van der Waals surface area (Å²) in [6.07, 6.45) is 1.94. The van der Waals surface area contributed by atoms with Gasteiger partial charge in [0.1, 0.15) is 25.3 Å². The Hall–Kier alpha value is -4.05. The van der Waals surface area contributed by atoms with Gasteiger partial charge in [0, 0.05) is 42.2 Å². The first kappa shape index (κ1) is 23.7. The highest BCUT2D eigenvalue weighted by Gasteiger charge is 2.17. The largest absolute Gasteiger partial charge is 0.474 e. The van der Waals surface area contributed by atoms with E-state index in [9.17, 15) is 4.91 Å². The van der Waals surface area contributed by atoms with Gasteiger partial charge >= 0.3 is 0 Å². The second-order valence-corrected chi connectivity index (χ2v) is 8.52. The van der Waals surface area contributed by atoms with Gasteiger partial charge in [-0.15, -0.1) is 5.10 Å². The van der Waals surface area contributed by atoms with E-state index in [1.807, 2.05) is 31.2 Å². The van der Waals surface area contributed by atoms with Crippen LogP contribution in [0.1, 0.15) is 16.8 Å². The van der Waals surface area contributed by atoms with Crippen molar-refractivity contribution < 1.29 is 13.9 Å². The van der Waals surface area contributed by atoms with Crippen molar-refractivity contribution in [3.8, 4) is 17.1 Å². The van der Waals surface area contributed by atoms with Crippen LogP contribution in [0.4, 0.5) is 10.1 Å². The summed E-state index contributed by atoms with van der Waals surface area (Å²) in [6, 6.07) is 12.8. The van der Waals surface area contributed by atoms with Crippen molar-refractivity contribution in [3.63, 3.8) is 0 Å². The maximum atomic E-state index is 15.2. The van der Waals surface area contributed by atoms with Gasteiger partial charge in [-0.25, -0.2) is 14.4 Å². The van der Waals surface area contributed by atoms with Crippen molar-refractivity contribution >= 4 is 16.6 Å². The van der Waals surface area contributed by atoms with Crippen LogP contribution >= 0.6 is 0 Å². The van der Waals surface area contributed by atoms with Gasteiger partial charge < -0.3 is 14.4 Å². The van der Waals surface area contributed by atoms with Crippen LogP contribution in [0.15, 0.2) is 54.0 Å². The topological polar surface area (TPSA) is 103 Å². The molecule has 1 aliphatic rings. The van der Waals surface area contributed by atoms with E-state index in [1.165, 1.54) is 12.4 Å². The molecule has 0 radical (unpaired) electrons. The molecule has 0 amide bonds. The number of anilines is 1. The molecule has 10 heteroatoms. The third-order valence-corrected chi connectivity index (χ3v) is 6.18. The lowest BCUT2D eigenvalue weighted by Crippen LogP contribution is -2.36. The normalized spacial score (nSPS) is 13.7. The molecule has 3 heterocycles. The summed E-state index contributed by atoms with van der Waals surface area (Å²) in [5.41, 5.74) is 5.21. The van der Waals surface area contributed by atoms with Crippen LogP contribution < -0.4 is 9.64 Å². The van der Waals surface area contributed by atoms with E-state index in [1.54, 1.807) is 12.1 Å². The Balaban J connectivity index is 1.43. The molecule has 2 aromatic heterocycles. The minimum atomic E-state index is -0.341. The predicted molar refractivity (Wildman–Crippen MR) is 134 cm³/mol. The molecule has 0 N–H and O–H groups in total. The van der Waals surface area contributed by atoms with Crippen LogP contribution in [0.2, 0.25) is 0 Å². The van der Waals surface area contributed by atoms with Crippen LogP contribution in [-0.2, 0) is 11.2 Å². The molecule has 0 saturated carbocycles. The van der Waals surface area contributed by atoms with Gasteiger partial charge in [0.2, 0.25) is 5.88 Å². The first-order valence-electron chi connectivity index (χ1n) is 11.7. The summed E-state index contributed by atoms with van der Waals surface area (Å²) < 4.78 is 26.0. The van der Waals surface area contributed by atoms with Gasteiger partial charge in [0.05, 0.1) is 30.1 Å². The van der Waals surface area contributed by atoms with Crippen molar-refractivity contribution in [2.24, 2.45) is 5.18 Å². The highest BCUT2D eigenvalue weighted by Crippen LogP contribution is 2.32. The highest BCUT2D eigenvalue weighted by molar-refractivity contribution is 5.94. The second kappa shape index (κ2) is 10.7. The lowest BCUT2D eigenvalue weighted by atomic mass is 9.97. The Morgan fingerprint density at radius 2 is 1.94 bits per heavy atom. The van der Waals surface area contributed by atoms with E-state index in [0.29, 0.717) is 42.5 Å². The minimum Gasteiger partial charge on any atom is -0.474 e. The Labute approximate surface area is 207 Å². The van der Waals surface area contributed by atoms with Crippen LogP contribution in [0.25, 0.3) is 22.2 Å². The number of fused-ring (bicyclic) bond motifs is 1. The second-order valence-electron chi connectivity index (χ2n) is 8.52. The highest BCUT2D eigenvalue weighted by atomic mass is 19.1. The average Bonchev–Trinajstić information content (AvgIpc) is 2.91. The number of rotatable bonds is 8. The summed E-state index contributed by atoms with van der Waals surface area (Å²) in [5.74, 6) is -0.0186. The molecule has 36 heavy (non-hydrogen) atoms. The summed E-state index contributed by atoms with van der Waals surface area (Å²) in [4.78, 5) is 21.3. The first-order chi connectivity index (χ1) is 17.6. The minimum absolute atomic E-state index is 0.0488. The number of morpholine rings is 1. The average molecular weight is 489 g/mol. The van der Waals surface area contributed by atoms with Crippen LogP contribution in [-0.4, -0.2) is 59.6 Å². The number of benzene rings is 2. The molecule has 5 rings (SSSR count). The number of aryl methyl sites for hydroxylation is 1. The predicted octanol–water partition coefficient (Wildman–Crippen LogP) is 4.11.